The molecular weight excluding hydrogens is 276 g/mol. The fraction of sp³-hybridized carbons (Fsp3) is 0.214. The molecule has 1 aromatic rings. The number of hydrogen-bond donors (Lipinski definition) is 3. The lowest BCUT2D eigenvalue weighted by molar-refractivity contribution is 0.0696. The van der Waals surface area contributed by atoms with Gasteiger partial charge in [0.1, 0.15) is 0 Å². The number of nitrogens with zero attached hydrogens (tertiary/aromatic N) is 1. The summed E-state index contributed by atoms with van der Waals surface area (Å²) in [7, 11) is 1.54. The molecule has 0 saturated heterocycles. The minimum atomic E-state index is -1.27. The van der Waals surface area contributed by atoms with Crippen LogP contribution in [0.2, 0.25) is 0 Å². The Kier molecular flexibility index (Phi) is 5.06. The Bertz CT molecular complexity index is 577. The number of carboxylic acids is 2. The van der Waals surface area contributed by atoms with E-state index in [4.69, 9.17) is 10.2 Å². The molecule has 0 aromatic heterocycles. The van der Waals surface area contributed by atoms with Gasteiger partial charge in [-0.15, -0.1) is 0 Å². The molecule has 0 aliphatic carbocycles. The van der Waals surface area contributed by atoms with Crippen molar-refractivity contribution in [1.29, 1.82) is 0 Å². The average Bonchev–Trinajstić information content (AvgIpc) is 2.37. The predicted octanol–water partition coefficient (Wildman–Crippen LogP) is 2.12. The van der Waals surface area contributed by atoms with Crippen molar-refractivity contribution in [2.45, 2.75) is 6.92 Å². The first-order valence-electron chi connectivity index (χ1n) is 5.99. The maximum Gasteiger partial charge on any atom is 0.335 e. The molecule has 7 nitrogen and oxygen atoms in total. The molecule has 0 atom stereocenters. The number of nitrogens with one attached hydrogen (secondary N) is 1. The lowest BCUT2D eigenvalue weighted by Crippen LogP contribution is -2.32. The van der Waals surface area contributed by atoms with E-state index in [1.165, 1.54) is 17.0 Å². The maximum atomic E-state index is 11.9. The van der Waals surface area contributed by atoms with Gasteiger partial charge < -0.3 is 20.4 Å². The Balaban J connectivity index is 3.02. The minimum Gasteiger partial charge on any atom is -0.478 e. The van der Waals surface area contributed by atoms with Gasteiger partial charge in [-0.1, -0.05) is 12.2 Å². The minimum absolute atomic E-state index is 0.103. The Morgan fingerprint density at radius 1 is 1.14 bits per heavy atom. The van der Waals surface area contributed by atoms with Gasteiger partial charge in [-0.05, 0) is 25.1 Å². The maximum absolute atomic E-state index is 11.9. The summed E-state index contributed by atoms with van der Waals surface area (Å²) < 4.78 is 0. The molecule has 0 bridgehead atoms. The number of amides is 2. The smallest absolute Gasteiger partial charge is 0.335 e. The van der Waals surface area contributed by atoms with Gasteiger partial charge in [0.05, 0.1) is 11.1 Å². The van der Waals surface area contributed by atoms with Gasteiger partial charge in [0.25, 0.3) is 0 Å². The monoisotopic (exact) mass is 292 g/mol. The lowest BCUT2D eigenvalue weighted by atomic mass is 10.1. The molecule has 1 aromatic carbocycles. The molecule has 0 unspecified atom stereocenters. The zero-order valence-corrected chi connectivity index (χ0v) is 11.7. The van der Waals surface area contributed by atoms with Crippen LogP contribution in [0, 0.1) is 0 Å². The molecule has 0 heterocycles. The van der Waals surface area contributed by atoms with Gasteiger partial charge in [-0.3, -0.25) is 0 Å². The standard InChI is InChI=1S/C14H16N2O5/c1-8(2)7-16(3)14(21)15-11-5-9(12(17)18)4-10(6-11)13(19)20/h4-6H,1,7H2,2-3H3,(H,15,21)(H,17,18)(H,19,20). The molecule has 21 heavy (non-hydrogen) atoms. The van der Waals surface area contributed by atoms with Gasteiger partial charge in [-0.25, -0.2) is 14.4 Å². The second kappa shape index (κ2) is 6.56. The molecule has 0 radical (unpaired) electrons. The van der Waals surface area contributed by atoms with Gasteiger partial charge in [0.15, 0.2) is 0 Å². The van der Waals surface area contributed by atoms with E-state index in [-0.39, 0.29) is 16.8 Å². The summed E-state index contributed by atoms with van der Waals surface area (Å²) in [5, 5.41) is 20.4. The molecule has 2 amide bonds. The van der Waals surface area contributed by atoms with Crippen LogP contribution in [0.15, 0.2) is 30.4 Å². The highest BCUT2D eigenvalue weighted by Crippen LogP contribution is 2.16. The Morgan fingerprint density at radius 3 is 2.00 bits per heavy atom. The SMILES string of the molecule is C=C(C)CN(C)C(=O)Nc1cc(C(=O)O)cc(C(=O)O)c1. The van der Waals surface area contributed by atoms with Crippen LogP contribution in [-0.4, -0.2) is 46.7 Å². The van der Waals surface area contributed by atoms with E-state index in [0.717, 1.165) is 11.6 Å². The largest absolute Gasteiger partial charge is 0.478 e. The van der Waals surface area contributed by atoms with Gasteiger partial charge >= 0.3 is 18.0 Å². The third-order valence-electron chi connectivity index (χ3n) is 2.53. The van der Waals surface area contributed by atoms with E-state index in [0.29, 0.717) is 6.54 Å². The van der Waals surface area contributed by atoms with Crippen LogP contribution in [0.4, 0.5) is 10.5 Å². The molecule has 0 aliphatic rings. The molecule has 0 spiro atoms. The first-order chi connectivity index (χ1) is 9.70. The number of rotatable bonds is 5. The number of carboxylic acid groups (broad SMARTS) is 2. The fourth-order valence-corrected chi connectivity index (χ4v) is 1.64. The third kappa shape index (κ3) is 4.64. The van der Waals surface area contributed by atoms with Crippen LogP contribution in [0.1, 0.15) is 27.6 Å². The van der Waals surface area contributed by atoms with Crippen LogP contribution in [0.5, 0.6) is 0 Å². The van der Waals surface area contributed by atoms with Crippen LogP contribution < -0.4 is 5.32 Å². The molecule has 0 aliphatic heterocycles. The van der Waals surface area contributed by atoms with E-state index < -0.39 is 18.0 Å². The molecular formula is C14H16N2O5. The topological polar surface area (TPSA) is 107 Å². The summed E-state index contributed by atoms with van der Waals surface area (Å²) in [4.78, 5) is 35.2. The van der Waals surface area contributed by atoms with Gasteiger partial charge in [-0.2, -0.15) is 0 Å². The number of carbonyl (C=O) groups is 3. The second-order valence-electron chi connectivity index (χ2n) is 4.65. The van der Waals surface area contributed by atoms with Crippen molar-refractivity contribution in [2.24, 2.45) is 0 Å². The predicted molar refractivity (Wildman–Crippen MR) is 76.8 cm³/mol. The first-order valence-corrected chi connectivity index (χ1v) is 5.99. The van der Waals surface area contributed by atoms with E-state index in [9.17, 15) is 14.4 Å². The first kappa shape index (κ1) is 16.2. The summed E-state index contributed by atoms with van der Waals surface area (Å²) >= 11 is 0. The summed E-state index contributed by atoms with van der Waals surface area (Å²) in [6.07, 6.45) is 0. The summed E-state index contributed by atoms with van der Waals surface area (Å²) in [6.45, 7) is 5.77. The van der Waals surface area contributed by atoms with Crippen LogP contribution >= 0.6 is 0 Å². The lowest BCUT2D eigenvalue weighted by Gasteiger charge is -2.18. The second-order valence-corrected chi connectivity index (χ2v) is 4.65. The van der Waals surface area contributed by atoms with Crippen molar-refractivity contribution in [3.05, 3.63) is 41.5 Å². The summed E-state index contributed by atoms with van der Waals surface area (Å²) in [5.74, 6) is -2.55. The van der Waals surface area contributed by atoms with Crippen molar-refractivity contribution < 1.29 is 24.6 Å². The van der Waals surface area contributed by atoms with Crippen molar-refractivity contribution in [2.75, 3.05) is 18.9 Å². The third-order valence-corrected chi connectivity index (χ3v) is 2.53. The highest BCUT2D eigenvalue weighted by atomic mass is 16.4. The van der Waals surface area contributed by atoms with E-state index in [2.05, 4.69) is 11.9 Å². The summed E-state index contributed by atoms with van der Waals surface area (Å²) in [6, 6.07) is 2.93. The zero-order chi connectivity index (χ0) is 16.2. The number of aromatic carboxylic acids is 2. The van der Waals surface area contributed by atoms with Crippen molar-refractivity contribution >= 4 is 23.7 Å². The molecule has 7 heteroatoms. The molecule has 112 valence electrons. The number of carbonyl (C=O) groups excluding carboxylic acids is 1. The van der Waals surface area contributed by atoms with Crippen LogP contribution in [-0.2, 0) is 0 Å². The number of benzene rings is 1. The molecule has 1 rings (SSSR count). The van der Waals surface area contributed by atoms with Crippen molar-refractivity contribution in [3.8, 4) is 0 Å². The van der Waals surface area contributed by atoms with Crippen molar-refractivity contribution in [3.63, 3.8) is 0 Å². The van der Waals surface area contributed by atoms with Gasteiger partial charge in [0.2, 0.25) is 0 Å². The Labute approximate surface area is 121 Å². The quantitative estimate of drug-likeness (QED) is 0.721. The van der Waals surface area contributed by atoms with Crippen LogP contribution in [0.3, 0.4) is 0 Å². The zero-order valence-electron chi connectivity index (χ0n) is 11.7. The number of urea groups is 1. The average molecular weight is 292 g/mol. The fourth-order valence-electron chi connectivity index (χ4n) is 1.64. The van der Waals surface area contributed by atoms with Gasteiger partial charge in [0, 0.05) is 19.3 Å². The number of anilines is 1. The Morgan fingerprint density at radius 2 is 1.62 bits per heavy atom. The van der Waals surface area contributed by atoms with E-state index in [1.807, 2.05) is 0 Å². The highest BCUT2D eigenvalue weighted by molar-refractivity contribution is 5.98. The molecule has 0 saturated carbocycles. The Hall–Kier alpha value is -2.83. The molecule has 3 N–H and O–H groups in total. The van der Waals surface area contributed by atoms with E-state index in [1.54, 1.807) is 14.0 Å². The van der Waals surface area contributed by atoms with Crippen LogP contribution in [0.25, 0.3) is 0 Å². The van der Waals surface area contributed by atoms with Crippen molar-refractivity contribution in [1.82, 2.24) is 4.90 Å². The normalized spacial score (nSPS) is 9.81. The number of likely N-dealkylation sites (N-methyl/N-ethyl adjacent to an activating group) is 1. The molecule has 0 fully saturated rings. The van der Waals surface area contributed by atoms with E-state index >= 15 is 0 Å². The highest BCUT2D eigenvalue weighted by Gasteiger charge is 2.14. The number of hydrogen-bond acceptors (Lipinski definition) is 3. The summed E-state index contributed by atoms with van der Waals surface area (Å²) in [5.41, 5.74) is 0.449.